The molecule has 3 N–H and O–H groups in total. The third kappa shape index (κ3) is 1.72. The summed E-state index contributed by atoms with van der Waals surface area (Å²) >= 11 is 3.50. The number of benzene rings is 1. The number of hydrogen-bond donors (Lipinski definition) is 2. The molecule has 0 radical (unpaired) electrons. The molecule has 0 spiro atoms. The molecule has 1 fully saturated rings. The van der Waals surface area contributed by atoms with Crippen LogP contribution in [0.4, 0.5) is 0 Å². The van der Waals surface area contributed by atoms with Crippen molar-refractivity contribution in [2.45, 2.75) is 30.9 Å². The lowest BCUT2D eigenvalue weighted by molar-refractivity contribution is 0.174. The van der Waals surface area contributed by atoms with E-state index in [4.69, 9.17) is 5.73 Å². The zero-order valence-corrected chi connectivity index (χ0v) is 9.50. The zero-order chi connectivity index (χ0) is 10.2. The van der Waals surface area contributed by atoms with Crippen LogP contribution in [0.5, 0.6) is 0 Å². The van der Waals surface area contributed by atoms with Crippen molar-refractivity contribution in [2.75, 3.05) is 0 Å². The van der Waals surface area contributed by atoms with Gasteiger partial charge in [-0.25, -0.2) is 0 Å². The molecular weight excluding hydrogens is 242 g/mol. The van der Waals surface area contributed by atoms with E-state index >= 15 is 0 Å². The standard InChI is InChI=1S/C11H14BrNO/c12-10-4-2-1-3-9(10)11(13)6-5-8(14)7-11/h1-4,8,14H,5-7,13H2. The van der Waals surface area contributed by atoms with E-state index in [9.17, 15) is 5.11 Å². The molecule has 1 aliphatic rings. The van der Waals surface area contributed by atoms with E-state index in [1.807, 2.05) is 24.3 Å². The maximum absolute atomic E-state index is 9.52. The van der Waals surface area contributed by atoms with Gasteiger partial charge in [-0.2, -0.15) is 0 Å². The molecule has 2 unspecified atom stereocenters. The van der Waals surface area contributed by atoms with E-state index in [1.165, 1.54) is 0 Å². The van der Waals surface area contributed by atoms with Crippen LogP contribution in [0, 0.1) is 0 Å². The third-order valence-electron chi connectivity index (χ3n) is 2.93. The van der Waals surface area contributed by atoms with Gasteiger partial charge in [-0.05, 0) is 30.9 Å². The van der Waals surface area contributed by atoms with Gasteiger partial charge in [-0.15, -0.1) is 0 Å². The maximum Gasteiger partial charge on any atom is 0.0561 e. The summed E-state index contributed by atoms with van der Waals surface area (Å²) in [6, 6.07) is 7.98. The number of hydrogen-bond acceptors (Lipinski definition) is 2. The topological polar surface area (TPSA) is 46.2 Å². The Hall–Kier alpha value is -0.380. The highest BCUT2D eigenvalue weighted by atomic mass is 79.9. The second kappa shape index (κ2) is 3.65. The Morgan fingerprint density at radius 3 is 2.71 bits per heavy atom. The Labute approximate surface area is 92.3 Å². The third-order valence-corrected chi connectivity index (χ3v) is 3.63. The van der Waals surface area contributed by atoms with E-state index in [2.05, 4.69) is 15.9 Å². The number of nitrogens with two attached hydrogens (primary N) is 1. The van der Waals surface area contributed by atoms with Crippen molar-refractivity contribution in [1.82, 2.24) is 0 Å². The van der Waals surface area contributed by atoms with Gasteiger partial charge in [0.25, 0.3) is 0 Å². The van der Waals surface area contributed by atoms with Crippen LogP contribution >= 0.6 is 15.9 Å². The molecule has 3 heteroatoms. The second-order valence-electron chi connectivity index (χ2n) is 4.03. The van der Waals surface area contributed by atoms with Gasteiger partial charge in [0.05, 0.1) is 6.10 Å². The quantitative estimate of drug-likeness (QED) is 0.808. The Balaban J connectivity index is 2.35. The summed E-state index contributed by atoms with van der Waals surface area (Å²) in [5, 5.41) is 9.52. The molecule has 14 heavy (non-hydrogen) atoms. The molecule has 1 saturated carbocycles. The molecule has 0 amide bonds. The predicted octanol–water partition coefficient (Wildman–Crippen LogP) is 2.15. The first kappa shape index (κ1) is 10.1. The van der Waals surface area contributed by atoms with Gasteiger partial charge in [0.15, 0.2) is 0 Å². The van der Waals surface area contributed by atoms with Gasteiger partial charge in [-0.1, -0.05) is 34.1 Å². The molecule has 0 aromatic heterocycles. The largest absolute Gasteiger partial charge is 0.393 e. The molecule has 0 aliphatic heterocycles. The smallest absolute Gasteiger partial charge is 0.0561 e. The van der Waals surface area contributed by atoms with Gasteiger partial charge in [-0.3, -0.25) is 0 Å². The number of aliphatic hydroxyl groups excluding tert-OH is 1. The van der Waals surface area contributed by atoms with E-state index < -0.39 is 0 Å². The van der Waals surface area contributed by atoms with E-state index in [0.29, 0.717) is 6.42 Å². The summed E-state index contributed by atoms with van der Waals surface area (Å²) in [4.78, 5) is 0. The average molecular weight is 256 g/mol. The maximum atomic E-state index is 9.52. The van der Waals surface area contributed by atoms with Gasteiger partial charge in [0.1, 0.15) is 0 Å². The van der Waals surface area contributed by atoms with Crippen molar-refractivity contribution in [3.05, 3.63) is 34.3 Å². The van der Waals surface area contributed by atoms with Crippen molar-refractivity contribution >= 4 is 15.9 Å². The fraction of sp³-hybridized carbons (Fsp3) is 0.455. The summed E-state index contributed by atoms with van der Waals surface area (Å²) < 4.78 is 1.04. The van der Waals surface area contributed by atoms with Gasteiger partial charge < -0.3 is 10.8 Å². The lowest BCUT2D eigenvalue weighted by Gasteiger charge is -2.25. The van der Waals surface area contributed by atoms with Crippen molar-refractivity contribution in [3.63, 3.8) is 0 Å². The normalized spacial score (nSPS) is 32.1. The van der Waals surface area contributed by atoms with Crippen molar-refractivity contribution in [2.24, 2.45) is 5.73 Å². The predicted molar refractivity (Wildman–Crippen MR) is 59.9 cm³/mol. The molecule has 2 nitrogen and oxygen atoms in total. The molecule has 2 atom stereocenters. The monoisotopic (exact) mass is 255 g/mol. The van der Waals surface area contributed by atoms with Crippen LogP contribution in [0.15, 0.2) is 28.7 Å². The fourth-order valence-corrected chi connectivity index (χ4v) is 2.84. The Bertz CT molecular complexity index is 342. The van der Waals surface area contributed by atoms with Gasteiger partial charge >= 0.3 is 0 Å². The van der Waals surface area contributed by atoms with Crippen LogP contribution in [0.1, 0.15) is 24.8 Å². The lowest BCUT2D eigenvalue weighted by atomic mass is 9.89. The van der Waals surface area contributed by atoms with Gasteiger partial charge in [0, 0.05) is 10.0 Å². The minimum Gasteiger partial charge on any atom is -0.393 e. The summed E-state index contributed by atoms with van der Waals surface area (Å²) in [6.45, 7) is 0. The van der Waals surface area contributed by atoms with Gasteiger partial charge in [0.2, 0.25) is 0 Å². The van der Waals surface area contributed by atoms with E-state index in [0.717, 1.165) is 22.9 Å². The molecular formula is C11H14BrNO. The summed E-state index contributed by atoms with van der Waals surface area (Å²) in [6.07, 6.45) is 2.08. The van der Waals surface area contributed by atoms with Crippen LogP contribution in [0.25, 0.3) is 0 Å². The first-order valence-corrected chi connectivity index (χ1v) is 5.63. The average Bonchev–Trinajstić information content (AvgIpc) is 2.48. The molecule has 1 aliphatic carbocycles. The minimum atomic E-state index is -0.348. The highest BCUT2D eigenvalue weighted by Crippen LogP contribution is 2.39. The van der Waals surface area contributed by atoms with Crippen LogP contribution in [0.3, 0.4) is 0 Å². The molecule has 76 valence electrons. The van der Waals surface area contributed by atoms with Crippen LogP contribution < -0.4 is 5.73 Å². The summed E-state index contributed by atoms with van der Waals surface area (Å²) in [5.74, 6) is 0. The van der Waals surface area contributed by atoms with E-state index in [-0.39, 0.29) is 11.6 Å². The highest BCUT2D eigenvalue weighted by Gasteiger charge is 2.37. The molecule has 0 bridgehead atoms. The van der Waals surface area contributed by atoms with Crippen LogP contribution in [-0.4, -0.2) is 11.2 Å². The summed E-state index contributed by atoms with van der Waals surface area (Å²) in [5.41, 5.74) is 7.04. The van der Waals surface area contributed by atoms with E-state index in [1.54, 1.807) is 0 Å². The Morgan fingerprint density at radius 2 is 2.14 bits per heavy atom. The number of rotatable bonds is 1. The highest BCUT2D eigenvalue weighted by molar-refractivity contribution is 9.10. The van der Waals surface area contributed by atoms with Crippen LogP contribution in [-0.2, 0) is 5.54 Å². The molecule has 0 heterocycles. The SMILES string of the molecule is NC1(c2ccccc2Br)CCC(O)C1. The van der Waals surface area contributed by atoms with Crippen molar-refractivity contribution < 1.29 is 5.11 Å². The number of halogens is 1. The number of aliphatic hydroxyl groups is 1. The molecule has 1 aromatic carbocycles. The fourth-order valence-electron chi connectivity index (χ4n) is 2.16. The zero-order valence-electron chi connectivity index (χ0n) is 7.91. The Morgan fingerprint density at radius 1 is 1.43 bits per heavy atom. The first-order chi connectivity index (χ1) is 6.62. The minimum absolute atomic E-state index is 0.243. The second-order valence-corrected chi connectivity index (χ2v) is 4.89. The van der Waals surface area contributed by atoms with Crippen LogP contribution in [0.2, 0.25) is 0 Å². The summed E-state index contributed by atoms with van der Waals surface area (Å²) in [7, 11) is 0. The van der Waals surface area contributed by atoms with Crippen molar-refractivity contribution in [3.8, 4) is 0 Å². The Kier molecular flexibility index (Phi) is 2.64. The first-order valence-electron chi connectivity index (χ1n) is 4.84. The molecule has 1 aromatic rings. The molecule has 2 rings (SSSR count). The lowest BCUT2D eigenvalue weighted by Crippen LogP contribution is -2.34. The van der Waals surface area contributed by atoms with Crippen molar-refractivity contribution in [1.29, 1.82) is 0 Å². The molecule has 0 saturated heterocycles.